The van der Waals surface area contributed by atoms with Gasteiger partial charge < -0.3 is 43.1 Å². The van der Waals surface area contributed by atoms with Crippen molar-refractivity contribution in [2.75, 3.05) is 14.2 Å². The van der Waals surface area contributed by atoms with E-state index in [0.29, 0.717) is 0 Å². The number of Topliss-reactive ketones (excluding diaryl/α,β-unsaturated/α-hetero) is 4. The summed E-state index contributed by atoms with van der Waals surface area (Å²) in [6, 6.07) is 0. The number of ketones is 4. The van der Waals surface area contributed by atoms with Crippen LogP contribution in [-0.4, -0.2) is 142 Å². The van der Waals surface area contributed by atoms with Crippen LogP contribution in [0.3, 0.4) is 0 Å². The van der Waals surface area contributed by atoms with Gasteiger partial charge in [0.25, 0.3) is 23.1 Å². The first-order valence-corrected chi connectivity index (χ1v) is 7.44. The smallest absolute Gasteiger partial charge is 0.373 e. The van der Waals surface area contributed by atoms with Crippen LogP contribution in [0.1, 0.15) is 159 Å². The zero-order valence-electron chi connectivity index (χ0n) is 21.7. The largest absolute Gasteiger partial charge is 0.412 e. The van der Waals surface area contributed by atoms with Gasteiger partial charge in [0.1, 0.15) is 0 Å². The van der Waals surface area contributed by atoms with Crippen molar-refractivity contribution in [1.82, 2.24) is 0 Å². The minimum absolute atomic E-state index is 0. The Labute approximate surface area is 377 Å². The van der Waals surface area contributed by atoms with Gasteiger partial charge in [-0.05, 0) is 0 Å². The topological polar surface area (TPSA) is 503 Å². The average Bonchev–Trinajstić information content (AvgIpc) is 2.95. The van der Waals surface area contributed by atoms with Gasteiger partial charge in [0.2, 0.25) is 23.8 Å². The molecule has 14 N–H and O–H groups in total. The second kappa shape index (κ2) is 588. The fourth-order valence-corrected chi connectivity index (χ4v) is 0.232. The van der Waals surface area contributed by atoms with Gasteiger partial charge in [-0.2, -0.15) is 19.2 Å². The summed E-state index contributed by atoms with van der Waals surface area (Å²) < 4.78 is 0. The monoisotopic (exact) mass is 941 g/mol. The molecule has 0 rings (SSSR count). The van der Waals surface area contributed by atoms with E-state index in [1.807, 2.05) is 13.8 Å². The predicted molar refractivity (Wildman–Crippen MR) is 261 cm³/mol. The summed E-state index contributed by atoms with van der Waals surface area (Å²) in [6.45, 7) is 4.00. The lowest BCUT2D eigenvalue weighted by Crippen LogP contribution is -2.15. The maximum atomic E-state index is 9.79. The Kier molecular flexibility index (Phi) is 3490. The summed E-state index contributed by atoms with van der Waals surface area (Å²) in [5, 5.41) is 14.0. The van der Waals surface area contributed by atoms with Crippen LogP contribution in [0.2, 0.25) is 0 Å². The molecule has 0 atom stereocenters. The van der Waals surface area contributed by atoms with E-state index in [9.17, 15) is 38.4 Å². The minimum atomic E-state index is -1.31. The van der Waals surface area contributed by atoms with Gasteiger partial charge >= 0.3 is 12.3 Å². The number of aliphatic hydroxyl groups is 2. The summed E-state index contributed by atoms with van der Waals surface area (Å²) in [4.78, 5) is 144. The van der Waals surface area contributed by atoms with Crippen molar-refractivity contribution in [3.63, 3.8) is 0 Å². The molecule has 0 amide bonds. The van der Waals surface area contributed by atoms with Crippen LogP contribution in [0.25, 0.3) is 0 Å². The Morgan fingerprint density at radius 1 is 0.295 bits per heavy atom. The summed E-state index contributed by atoms with van der Waals surface area (Å²) in [6.07, 6.45) is -0.291. The Morgan fingerprint density at radius 2 is 0.344 bits per heavy atom. The lowest BCUT2D eigenvalue weighted by atomic mass is 10.3. The summed E-state index contributed by atoms with van der Waals surface area (Å²) >= 11 is 0. The molecule has 0 fully saturated rings. The van der Waals surface area contributed by atoms with Gasteiger partial charge in [-0.3, -0.25) is 38.4 Å². The lowest BCUT2D eigenvalue weighted by Gasteiger charge is -1.72. The molecule has 0 aromatic carbocycles. The molecule has 24 nitrogen and oxygen atoms in total. The van der Waals surface area contributed by atoms with Crippen LogP contribution >= 0.6 is 0 Å². The van der Waals surface area contributed by atoms with E-state index < -0.39 is 23.1 Å². The Bertz CT molecular complexity index is 733. The minimum Gasteiger partial charge on any atom is -0.412 e. The molecule has 0 saturated heterocycles. The highest BCUT2D eigenvalue weighted by molar-refractivity contribution is 6.71. The molecule has 0 aromatic heterocycles. The average molecular weight is 941 g/mol. The van der Waals surface area contributed by atoms with Gasteiger partial charge in [0.15, 0.2) is 25.1 Å². The van der Waals surface area contributed by atoms with E-state index in [-0.39, 0.29) is 216 Å². The van der Waals surface area contributed by atoms with Crippen molar-refractivity contribution in [3.05, 3.63) is 0 Å². The van der Waals surface area contributed by atoms with Gasteiger partial charge in [0, 0.05) is 18.5 Å². The molecule has 0 heterocycles. The fraction of sp³-hybridized carbons (Fsp3) is 0.622. The standard InChI is InChI=1S/2C4H2O4.2C2O2.C2H6.2CO2.2CH4O.19CH4.6H2O.3H2/c2*5-1-3(7)4(8)2-6;2*3-1-2-4;1-2;2*2-1-3;2*1-2;;;;;;;;;;;;;;;;;;;;;;;;;;;;/h2*1-2H;;;1-2H3;;;2*2H,1H3;19*1H4;6*1H2;3*1H. The molecule has 0 aliphatic carbocycles. The van der Waals surface area contributed by atoms with Crippen LogP contribution in [0.4, 0.5) is 0 Å². The number of aldehydes is 4. The summed E-state index contributed by atoms with van der Waals surface area (Å²) in [5.74, 6) is -1.72. The molecule has 0 unspecified atom stereocenters. The van der Waals surface area contributed by atoms with E-state index in [4.69, 9.17) is 48.6 Å². The van der Waals surface area contributed by atoms with E-state index in [1.165, 1.54) is 0 Å². The third-order valence-electron chi connectivity index (χ3n) is 0.997. The van der Waals surface area contributed by atoms with Crippen LogP contribution in [0, 0.1) is 0 Å². The number of rotatable bonds is 6. The molecule has 404 valence electrons. The van der Waals surface area contributed by atoms with E-state index in [0.717, 1.165) is 38.0 Å². The number of hydrogen-bond acceptors (Lipinski definition) is 18. The van der Waals surface area contributed by atoms with Gasteiger partial charge in [0.05, 0.1) is 0 Å². The Hall–Kier alpha value is -5.88. The molecule has 0 aliphatic heterocycles. The third kappa shape index (κ3) is 1000. The van der Waals surface area contributed by atoms with Crippen LogP contribution < -0.4 is 0 Å². The highest BCUT2D eigenvalue weighted by Gasteiger charge is 2.09. The molecule has 0 aliphatic rings. The van der Waals surface area contributed by atoms with Crippen molar-refractivity contribution in [2.45, 2.75) is 155 Å². The van der Waals surface area contributed by atoms with Gasteiger partial charge in [-0.15, -0.1) is 0 Å². The van der Waals surface area contributed by atoms with Gasteiger partial charge in [-0.1, -0.05) is 155 Å². The molecule has 0 radical (unpaired) electrons. The normalized spacial score (nSPS) is 2.92. The Balaban J connectivity index is -0.00000000358. The first-order chi connectivity index (χ1) is 17.1. The second-order valence-electron chi connectivity index (χ2n) is 2.50. The maximum absolute atomic E-state index is 9.79. The van der Waals surface area contributed by atoms with Crippen molar-refractivity contribution in [3.8, 4) is 0 Å². The lowest BCUT2D eigenvalue weighted by molar-refractivity contribution is -0.193. The highest BCUT2D eigenvalue weighted by Crippen LogP contribution is 1.63. The molecular weight excluding hydrogens is 828 g/mol. The first-order valence-electron chi connectivity index (χ1n) is 7.44. The molecule has 0 spiro atoms. The zero-order chi connectivity index (χ0) is 31.4. The van der Waals surface area contributed by atoms with E-state index in [1.54, 1.807) is 0 Å². The molecule has 0 aromatic rings. The third-order valence-corrected chi connectivity index (χ3v) is 0.997. The van der Waals surface area contributed by atoms with Crippen molar-refractivity contribution >= 4 is 84.3 Å². The van der Waals surface area contributed by atoms with Crippen molar-refractivity contribution in [2.24, 2.45) is 0 Å². The van der Waals surface area contributed by atoms with E-state index in [2.05, 4.69) is 0 Å². The summed E-state index contributed by atoms with van der Waals surface area (Å²) in [5.41, 5.74) is 0. The maximum Gasteiger partial charge on any atom is 0.373 e. The predicted octanol–water partition coefficient (Wildman–Crippen LogP) is 2.41. The molecular formula is C37H112O24. The molecule has 0 saturated carbocycles. The molecule has 24 heteroatoms. The number of carbonyl (C=O) groups excluding carboxylic acids is 16. The van der Waals surface area contributed by atoms with Crippen LogP contribution in [0.15, 0.2) is 0 Å². The fourth-order valence-electron chi connectivity index (χ4n) is 0.232. The zero-order valence-corrected chi connectivity index (χ0v) is 21.7. The first kappa shape index (κ1) is 362. The second-order valence-corrected chi connectivity index (χ2v) is 2.50. The van der Waals surface area contributed by atoms with Gasteiger partial charge in [-0.25, -0.2) is 19.2 Å². The number of aliphatic hydroxyl groups excluding tert-OH is 2. The quantitative estimate of drug-likeness (QED) is 0.167. The number of carbonyl (C=O) groups is 8. The van der Waals surface area contributed by atoms with Crippen LogP contribution in [0.5, 0.6) is 0 Å². The SMILES string of the molecule is C.C.C.C.C.C.C.C.C.C.C.C.C.C.C.C.C.C.C.CC.CO.CO.O.O.O.O.O.O.O=C=C=O.O=C=C=O.O=C=O.O=C=O.O=CC(=O)C(=O)C=O.O=CC(=O)C(=O)C=O.[HH].[HH].[HH]. The van der Waals surface area contributed by atoms with Crippen molar-refractivity contribution < 1.29 is 124 Å². The van der Waals surface area contributed by atoms with Crippen LogP contribution in [-0.2, 0) is 76.7 Å². The van der Waals surface area contributed by atoms with E-state index >= 15 is 0 Å². The molecule has 61 heavy (non-hydrogen) atoms. The van der Waals surface area contributed by atoms with Crippen molar-refractivity contribution in [1.29, 1.82) is 0 Å². The Morgan fingerprint density at radius 3 is 0.361 bits per heavy atom. The molecule has 0 bridgehead atoms. The highest BCUT2D eigenvalue weighted by atomic mass is 16.2. The number of hydrogen-bond donors (Lipinski definition) is 2. The summed E-state index contributed by atoms with van der Waals surface area (Å²) in [7, 11) is 2.00.